The summed E-state index contributed by atoms with van der Waals surface area (Å²) in [7, 11) is 0. The molecule has 2 aliphatic heterocycles. The van der Waals surface area contributed by atoms with Gasteiger partial charge >= 0.3 is 0 Å². The van der Waals surface area contributed by atoms with Crippen LogP contribution >= 0.6 is 12.4 Å². The summed E-state index contributed by atoms with van der Waals surface area (Å²) >= 11 is 0. The summed E-state index contributed by atoms with van der Waals surface area (Å²) in [5, 5.41) is 7.47. The lowest BCUT2D eigenvalue weighted by molar-refractivity contribution is 0.192. The second kappa shape index (κ2) is 7.22. The first kappa shape index (κ1) is 14.8. The third-order valence-corrected chi connectivity index (χ3v) is 4.00. The average Bonchev–Trinajstić information content (AvgIpc) is 3.08. The largest absolute Gasteiger partial charge is 0.381 e. The monoisotopic (exact) mass is 287 g/mol. The number of nitrogens with one attached hydrogen (secondary N) is 1. The molecule has 1 N–H and O–H groups in total. The molecule has 1 atom stereocenters. The molecule has 2 fully saturated rings. The summed E-state index contributed by atoms with van der Waals surface area (Å²) < 4.78 is 10.7. The third-order valence-electron chi connectivity index (χ3n) is 4.00. The average molecular weight is 288 g/mol. The number of piperidine rings is 1. The van der Waals surface area contributed by atoms with Crippen LogP contribution in [-0.4, -0.2) is 36.4 Å². The first-order chi connectivity index (χ1) is 8.92. The number of halogens is 1. The maximum absolute atomic E-state index is 5.35. The van der Waals surface area contributed by atoms with Crippen LogP contribution in [0.15, 0.2) is 4.52 Å². The molecule has 0 spiro atoms. The number of rotatable bonds is 4. The van der Waals surface area contributed by atoms with Gasteiger partial charge in [0.2, 0.25) is 5.89 Å². The highest BCUT2D eigenvalue weighted by Crippen LogP contribution is 2.23. The third kappa shape index (κ3) is 3.91. The van der Waals surface area contributed by atoms with E-state index in [1.807, 2.05) is 0 Å². The van der Waals surface area contributed by atoms with Crippen LogP contribution in [0.5, 0.6) is 0 Å². The first-order valence-electron chi connectivity index (χ1n) is 7.03. The van der Waals surface area contributed by atoms with Crippen LogP contribution in [0.4, 0.5) is 0 Å². The summed E-state index contributed by atoms with van der Waals surface area (Å²) in [6.07, 6.45) is 5.66. The van der Waals surface area contributed by atoms with E-state index in [-0.39, 0.29) is 12.4 Å². The molecule has 2 saturated heterocycles. The van der Waals surface area contributed by atoms with Crippen LogP contribution in [0.3, 0.4) is 0 Å². The number of aromatic nitrogens is 2. The van der Waals surface area contributed by atoms with Gasteiger partial charge in [-0.3, -0.25) is 0 Å². The molecule has 5 nitrogen and oxygen atoms in total. The predicted molar refractivity (Wildman–Crippen MR) is 73.6 cm³/mol. The summed E-state index contributed by atoms with van der Waals surface area (Å²) in [6.45, 7) is 3.87. The zero-order chi connectivity index (χ0) is 12.2. The van der Waals surface area contributed by atoms with Gasteiger partial charge in [0.15, 0.2) is 5.82 Å². The molecule has 108 valence electrons. The second-order valence-electron chi connectivity index (χ2n) is 5.34. The molecular formula is C13H22ClN3O2. The van der Waals surface area contributed by atoms with Crippen LogP contribution in [-0.2, 0) is 11.2 Å². The van der Waals surface area contributed by atoms with Crippen molar-refractivity contribution in [2.75, 3.05) is 26.3 Å². The minimum Gasteiger partial charge on any atom is -0.381 e. The quantitative estimate of drug-likeness (QED) is 0.917. The molecular weight excluding hydrogens is 266 g/mol. The van der Waals surface area contributed by atoms with Crippen molar-refractivity contribution in [3.8, 4) is 0 Å². The molecule has 3 heterocycles. The van der Waals surface area contributed by atoms with Gasteiger partial charge in [-0.15, -0.1) is 12.4 Å². The normalized spacial score (nSPS) is 24.3. The Labute approximate surface area is 119 Å². The van der Waals surface area contributed by atoms with Gasteiger partial charge in [0.1, 0.15) is 0 Å². The number of ether oxygens (including phenoxy) is 1. The van der Waals surface area contributed by atoms with Crippen LogP contribution in [0.1, 0.15) is 43.3 Å². The molecule has 2 aliphatic rings. The van der Waals surface area contributed by atoms with Gasteiger partial charge in [0, 0.05) is 18.9 Å². The van der Waals surface area contributed by atoms with Crippen molar-refractivity contribution in [1.82, 2.24) is 15.5 Å². The molecule has 0 aromatic carbocycles. The van der Waals surface area contributed by atoms with Gasteiger partial charge in [0.05, 0.1) is 6.61 Å². The molecule has 0 aliphatic carbocycles. The summed E-state index contributed by atoms with van der Waals surface area (Å²) in [6, 6.07) is 0. The van der Waals surface area contributed by atoms with Crippen molar-refractivity contribution < 1.29 is 9.26 Å². The van der Waals surface area contributed by atoms with E-state index in [1.165, 1.54) is 19.3 Å². The Balaban J connectivity index is 0.00000133. The van der Waals surface area contributed by atoms with Crippen molar-refractivity contribution in [3.05, 3.63) is 11.7 Å². The first-order valence-corrected chi connectivity index (χ1v) is 7.03. The van der Waals surface area contributed by atoms with Crippen molar-refractivity contribution in [3.63, 3.8) is 0 Å². The zero-order valence-electron chi connectivity index (χ0n) is 11.1. The molecule has 1 aromatic rings. The fourth-order valence-electron chi connectivity index (χ4n) is 2.77. The summed E-state index contributed by atoms with van der Waals surface area (Å²) in [5.41, 5.74) is 0. The number of hydrogen-bond donors (Lipinski definition) is 1. The Hall–Kier alpha value is -0.650. The van der Waals surface area contributed by atoms with Crippen molar-refractivity contribution >= 4 is 12.4 Å². The Morgan fingerprint density at radius 2 is 2.05 bits per heavy atom. The molecule has 0 amide bonds. The second-order valence-corrected chi connectivity index (χ2v) is 5.34. The lowest BCUT2D eigenvalue weighted by Gasteiger charge is -2.21. The highest BCUT2D eigenvalue weighted by Gasteiger charge is 2.23. The lowest BCUT2D eigenvalue weighted by atomic mass is 9.93. The zero-order valence-corrected chi connectivity index (χ0v) is 12.0. The van der Waals surface area contributed by atoms with Crippen molar-refractivity contribution in [2.45, 2.75) is 38.0 Å². The minimum atomic E-state index is 0. The maximum atomic E-state index is 5.35. The van der Waals surface area contributed by atoms with Gasteiger partial charge in [-0.2, -0.15) is 4.98 Å². The molecule has 3 rings (SSSR count). The minimum absolute atomic E-state index is 0. The molecule has 0 saturated carbocycles. The van der Waals surface area contributed by atoms with Crippen molar-refractivity contribution in [1.29, 1.82) is 0 Å². The number of hydrogen-bond acceptors (Lipinski definition) is 5. The lowest BCUT2D eigenvalue weighted by Crippen LogP contribution is -2.27. The maximum Gasteiger partial charge on any atom is 0.226 e. The van der Waals surface area contributed by atoms with E-state index in [1.54, 1.807) is 0 Å². The molecule has 1 aromatic heterocycles. The van der Waals surface area contributed by atoms with Gasteiger partial charge < -0.3 is 14.6 Å². The van der Waals surface area contributed by atoms with E-state index in [2.05, 4.69) is 15.5 Å². The number of aryl methyl sites for hydroxylation is 1. The smallest absolute Gasteiger partial charge is 0.226 e. The van der Waals surface area contributed by atoms with E-state index >= 15 is 0 Å². The van der Waals surface area contributed by atoms with Gasteiger partial charge in [-0.25, -0.2) is 0 Å². The van der Waals surface area contributed by atoms with Gasteiger partial charge in [-0.1, -0.05) is 5.16 Å². The molecule has 1 unspecified atom stereocenters. The fraction of sp³-hybridized carbons (Fsp3) is 0.846. The molecule has 0 radical (unpaired) electrons. The van der Waals surface area contributed by atoms with E-state index < -0.39 is 0 Å². The molecule has 0 bridgehead atoms. The van der Waals surface area contributed by atoms with Gasteiger partial charge in [0.25, 0.3) is 0 Å². The summed E-state index contributed by atoms with van der Waals surface area (Å²) in [4.78, 5) is 4.50. The fourth-order valence-corrected chi connectivity index (χ4v) is 2.77. The Morgan fingerprint density at radius 3 is 2.79 bits per heavy atom. The van der Waals surface area contributed by atoms with Crippen LogP contribution < -0.4 is 5.32 Å². The SMILES string of the molecule is C1CC(CCc2nc(C3CCOC3)no2)CCN1.Cl. The Morgan fingerprint density at radius 1 is 1.21 bits per heavy atom. The highest BCUT2D eigenvalue weighted by molar-refractivity contribution is 5.85. The molecule has 19 heavy (non-hydrogen) atoms. The van der Waals surface area contributed by atoms with Crippen molar-refractivity contribution in [2.24, 2.45) is 5.92 Å². The highest BCUT2D eigenvalue weighted by atomic mass is 35.5. The Kier molecular flexibility index (Phi) is 5.60. The number of nitrogens with zero attached hydrogens (tertiary/aromatic N) is 2. The summed E-state index contributed by atoms with van der Waals surface area (Å²) in [5.74, 6) is 2.81. The van der Waals surface area contributed by atoms with E-state index in [0.717, 1.165) is 56.8 Å². The van der Waals surface area contributed by atoms with Crippen LogP contribution in [0.25, 0.3) is 0 Å². The van der Waals surface area contributed by atoms with E-state index in [9.17, 15) is 0 Å². The Bertz CT molecular complexity index is 374. The van der Waals surface area contributed by atoms with Crippen LogP contribution in [0, 0.1) is 5.92 Å². The van der Waals surface area contributed by atoms with Gasteiger partial charge in [-0.05, 0) is 44.7 Å². The standard InChI is InChI=1S/C13H21N3O2.ClH/c1(10-3-6-14-7-4-10)2-12-15-13(16-18-12)11-5-8-17-9-11;/h10-11,14H,1-9H2;1H. The van der Waals surface area contributed by atoms with Crippen LogP contribution in [0.2, 0.25) is 0 Å². The predicted octanol–water partition coefficient (Wildman–Crippen LogP) is 1.93. The van der Waals surface area contributed by atoms with E-state index in [0.29, 0.717) is 5.92 Å². The van der Waals surface area contributed by atoms with E-state index in [4.69, 9.17) is 9.26 Å². The molecule has 6 heteroatoms. The topological polar surface area (TPSA) is 60.2 Å².